The van der Waals surface area contributed by atoms with Crippen molar-refractivity contribution in [2.24, 2.45) is 4.99 Å². The first-order valence-electron chi connectivity index (χ1n) is 8.40. The van der Waals surface area contributed by atoms with Crippen molar-refractivity contribution in [1.29, 1.82) is 0 Å². The standard InChI is InChI=1S/C22H18Br2FNO/c1-14-3-4-15(2)21(9-14)26-12-17-10-19(23)22(20(24)11-17)27-13-16-5-7-18(25)8-6-16/h3-12H,13H2,1-2H3. The van der Waals surface area contributed by atoms with Crippen LogP contribution < -0.4 is 4.74 Å². The first kappa shape index (κ1) is 19.8. The highest BCUT2D eigenvalue weighted by Gasteiger charge is 2.09. The van der Waals surface area contributed by atoms with E-state index in [0.29, 0.717) is 12.4 Å². The van der Waals surface area contributed by atoms with Crippen LogP contribution in [-0.4, -0.2) is 6.21 Å². The maximum atomic E-state index is 13.0. The number of aryl methyl sites for hydroxylation is 2. The van der Waals surface area contributed by atoms with Gasteiger partial charge in [-0.2, -0.15) is 0 Å². The van der Waals surface area contributed by atoms with Gasteiger partial charge in [0.1, 0.15) is 18.2 Å². The summed E-state index contributed by atoms with van der Waals surface area (Å²) in [5, 5.41) is 0. The van der Waals surface area contributed by atoms with E-state index in [1.165, 1.54) is 17.7 Å². The molecule has 2 nitrogen and oxygen atoms in total. The minimum atomic E-state index is -0.256. The van der Waals surface area contributed by atoms with Crippen LogP contribution in [0.4, 0.5) is 10.1 Å². The van der Waals surface area contributed by atoms with Gasteiger partial charge in [0, 0.05) is 6.21 Å². The van der Waals surface area contributed by atoms with Crippen LogP contribution >= 0.6 is 31.9 Å². The molecule has 3 aromatic carbocycles. The highest BCUT2D eigenvalue weighted by Crippen LogP contribution is 2.35. The van der Waals surface area contributed by atoms with Crippen molar-refractivity contribution < 1.29 is 9.13 Å². The van der Waals surface area contributed by atoms with Crippen molar-refractivity contribution in [1.82, 2.24) is 0 Å². The molecule has 0 spiro atoms. The second-order valence-corrected chi connectivity index (χ2v) is 7.99. The van der Waals surface area contributed by atoms with E-state index in [1.807, 2.05) is 25.3 Å². The molecule has 0 radical (unpaired) electrons. The van der Waals surface area contributed by atoms with Crippen LogP contribution in [0.5, 0.6) is 5.75 Å². The van der Waals surface area contributed by atoms with Gasteiger partial charge in [0.15, 0.2) is 0 Å². The molecular formula is C22H18Br2FNO. The first-order chi connectivity index (χ1) is 12.9. The zero-order valence-corrected chi connectivity index (χ0v) is 18.1. The number of aliphatic imine (C=N–C) groups is 1. The number of halogens is 3. The summed E-state index contributed by atoms with van der Waals surface area (Å²) in [5.41, 5.74) is 5.12. The Kier molecular flexibility index (Phi) is 6.45. The Hall–Kier alpha value is -1.98. The molecule has 0 heterocycles. The molecule has 0 unspecified atom stereocenters. The molecule has 3 aromatic rings. The monoisotopic (exact) mass is 489 g/mol. The zero-order valence-electron chi connectivity index (χ0n) is 15.0. The molecule has 0 bridgehead atoms. The molecule has 0 saturated heterocycles. The van der Waals surface area contributed by atoms with Crippen LogP contribution in [0.15, 0.2) is 68.5 Å². The molecule has 138 valence electrons. The summed E-state index contributed by atoms with van der Waals surface area (Å²) in [5.74, 6) is 0.441. The second kappa shape index (κ2) is 8.81. The van der Waals surface area contributed by atoms with Crippen LogP contribution in [0, 0.1) is 19.7 Å². The Labute approximate surface area is 175 Å². The van der Waals surface area contributed by atoms with E-state index in [9.17, 15) is 4.39 Å². The summed E-state index contributed by atoms with van der Waals surface area (Å²) >= 11 is 7.12. The number of ether oxygens (including phenoxy) is 1. The van der Waals surface area contributed by atoms with Crippen LogP contribution in [0.1, 0.15) is 22.3 Å². The summed E-state index contributed by atoms with van der Waals surface area (Å²) in [7, 11) is 0. The molecule has 0 aliphatic rings. The van der Waals surface area contributed by atoms with Crippen molar-refractivity contribution >= 4 is 43.8 Å². The van der Waals surface area contributed by atoms with Gasteiger partial charge < -0.3 is 4.74 Å². The van der Waals surface area contributed by atoms with E-state index in [4.69, 9.17) is 4.74 Å². The van der Waals surface area contributed by atoms with Crippen molar-refractivity contribution in [3.63, 3.8) is 0 Å². The van der Waals surface area contributed by atoms with E-state index in [0.717, 1.165) is 31.3 Å². The van der Waals surface area contributed by atoms with Gasteiger partial charge in [-0.3, -0.25) is 4.99 Å². The van der Waals surface area contributed by atoms with Crippen LogP contribution in [0.3, 0.4) is 0 Å². The summed E-state index contributed by atoms with van der Waals surface area (Å²) in [6, 6.07) is 16.4. The minimum absolute atomic E-state index is 0.256. The normalized spacial score (nSPS) is 11.1. The van der Waals surface area contributed by atoms with Gasteiger partial charge >= 0.3 is 0 Å². The lowest BCUT2D eigenvalue weighted by Gasteiger charge is -2.11. The lowest BCUT2D eigenvalue weighted by Crippen LogP contribution is -1.98. The van der Waals surface area contributed by atoms with Gasteiger partial charge in [-0.05, 0) is 98.3 Å². The Bertz CT molecular complexity index is 961. The molecule has 0 aliphatic heterocycles. The summed E-state index contributed by atoms with van der Waals surface area (Å²) in [6.07, 6.45) is 1.83. The van der Waals surface area contributed by atoms with Crippen molar-refractivity contribution in [3.8, 4) is 5.75 Å². The molecule has 0 N–H and O–H groups in total. The maximum Gasteiger partial charge on any atom is 0.148 e. The molecular weight excluding hydrogens is 473 g/mol. The van der Waals surface area contributed by atoms with E-state index >= 15 is 0 Å². The molecule has 0 fully saturated rings. The third kappa shape index (κ3) is 5.27. The van der Waals surface area contributed by atoms with Crippen molar-refractivity contribution in [2.45, 2.75) is 20.5 Å². The number of hydrogen-bond donors (Lipinski definition) is 0. The van der Waals surface area contributed by atoms with Crippen molar-refractivity contribution in [2.75, 3.05) is 0 Å². The van der Waals surface area contributed by atoms with E-state index < -0.39 is 0 Å². The van der Waals surface area contributed by atoms with E-state index in [-0.39, 0.29) is 5.82 Å². The van der Waals surface area contributed by atoms with Crippen molar-refractivity contribution in [3.05, 3.63) is 91.6 Å². The third-order valence-corrected chi connectivity index (χ3v) is 5.21. The first-order valence-corrected chi connectivity index (χ1v) is 9.98. The Balaban J connectivity index is 1.77. The Morgan fingerprint density at radius 3 is 2.30 bits per heavy atom. The van der Waals surface area contributed by atoms with Crippen LogP contribution in [0.2, 0.25) is 0 Å². The van der Waals surface area contributed by atoms with Gasteiger partial charge in [0.05, 0.1) is 14.6 Å². The molecule has 0 amide bonds. The SMILES string of the molecule is Cc1ccc(C)c(N=Cc2cc(Br)c(OCc3ccc(F)cc3)c(Br)c2)c1. The summed E-state index contributed by atoms with van der Waals surface area (Å²) in [4.78, 5) is 4.61. The largest absolute Gasteiger partial charge is 0.487 e. The second-order valence-electron chi connectivity index (χ2n) is 6.28. The maximum absolute atomic E-state index is 13.0. The van der Waals surface area contributed by atoms with Gasteiger partial charge in [0.2, 0.25) is 0 Å². The fourth-order valence-corrected chi connectivity index (χ4v) is 3.98. The fraction of sp³-hybridized carbons (Fsp3) is 0.136. The number of benzene rings is 3. The Morgan fingerprint density at radius 2 is 1.63 bits per heavy atom. The highest BCUT2D eigenvalue weighted by atomic mass is 79.9. The molecule has 0 aromatic heterocycles. The molecule has 3 rings (SSSR count). The van der Waals surface area contributed by atoms with Gasteiger partial charge in [-0.15, -0.1) is 0 Å². The van der Waals surface area contributed by atoms with Gasteiger partial charge in [-0.25, -0.2) is 4.39 Å². The predicted molar refractivity (Wildman–Crippen MR) is 116 cm³/mol. The third-order valence-electron chi connectivity index (χ3n) is 4.03. The topological polar surface area (TPSA) is 21.6 Å². The zero-order chi connectivity index (χ0) is 19.4. The van der Waals surface area contributed by atoms with Crippen LogP contribution in [0.25, 0.3) is 0 Å². The quantitative estimate of drug-likeness (QED) is 0.344. The van der Waals surface area contributed by atoms with Crippen LogP contribution in [-0.2, 0) is 6.61 Å². The summed E-state index contributed by atoms with van der Waals surface area (Å²) < 4.78 is 20.5. The Morgan fingerprint density at radius 1 is 0.963 bits per heavy atom. The summed E-state index contributed by atoms with van der Waals surface area (Å²) in [6.45, 7) is 4.45. The lowest BCUT2D eigenvalue weighted by molar-refractivity contribution is 0.302. The molecule has 27 heavy (non-hydrogen) atoms. The molecule has 5 heteroatoms. The van der Waals surface area contributed by atoms with E-state index in [2.05, 4.69) is 62.0 Å². The highest BCUT2D eigenvalue weighted by molar-refractivity contribution is 9.11. The predicted octanol–water partition coefficient (Wildman–Crippen LogP) is 7.30. The number of rotatable bonds is 5. The van der Waals surface area contributed by atoms with Gasteiger partial charge in [-0.1, -0.05) is 24.3 Å². The number of hydrogen-bond acceptors (Lipinski definition) is 2. The lowest BCUT2D eigenvalue weighted by atomic mass is 10.1. The average Bonchev–Trinajstić information content (AvgIpc) is 2.63. The average molecular weight is 491 g/mol. The molecule has 0 aliphatic carbocycles. The fourth-order valence-electron chi connectivity index (χ4n) is 2.53. The minimum Gasteiger partial charge on any atom is -0.487 e. The smallest absolute Gasteiger partial charge is 0.148 e. The van der Waals surface area contributed by atoms with Gasteiger partial charge in [0.25, 0.3) is 0 Å². The number of nitrogens with zero attached hydrogens (tertiary/aromatic N) is 1. The molecule has 0 saturated carbocycles. The van der Waals surface area contributed by atoms with E-state index in [1.54, 1.807) is 12.1 Å². The molecule has 0 atom stereocenters.